The molecule has 2 rings (SSSR count). The summed E-state index contributed by atoms with van der Waals surface area (Å²) in [6.45, 7) is 8.12. The van der Waals surface area contributed by atoms with Crippen LogP contribution >= 0.6 is 0 Å². The molecule has 0 aromatic rings. The average Bonchev–Trinajstić information content (AvgIpc) is 2.98. The normalized spacial score (nSPS) is 27.0. The predicted molar refractivity (Wildman–Crippen MR) is 69.0 cm³/mol. The van der Waals surface area contributed by atoms with Gasteiger partial charge < -0.3 is 9.84 Å². The third-order valence-corrected chi connectivity index (χ3v) is 3.99. The fraction of sp³-hybridized carbons (Fsp3) is 1.00. The number of aliphatic hydroxyl groups is 1. The summed E-state index contributed by atoms with van der Waals surface area (Å²) in [5, 5.41) is 10.2. The van der Waals surface area contributed by atoms with E-state index in [4.69, 9.17) is 4.74 Å². The van der Waals surface area contributed by atoms with Crippen LogP contribution in [-0.4, -0.2) is 48.5 Å². The number of rotatable bonds is 7. The first kappa shape index (κ1) is 13.3. The molecular weight excluding hydrogens is 214 g/mol. The molecule has 1 aliphatic heterocycles. The van der Waals surface area contributed by atoms with E-state index < -0.39 is 0 Å². The molecule has 1 N–H and O–H groups in total. The average molecular weight is 241 g/mol. The van der Waals surface area contributed by atoms with Crippen molar-refractivity contribution in [3.63, 3.8) is 0 Å². The van der Waals surface area contributed by atoms with Crippen molar-refractivity contribution in [3.8, 4) is 0 Å². The smallest absolute Gasteiger partial charge is 0.0718 e. The van der Waals surface area contributed by atoms with Crippen LogP contribution in [0.25, 0.3) is 0 Å². The van der Waals surface area contributed by atoms with E-state index in [-0.39, 0.29) is 6.10 Å². The molecule has 1 saturated carbocycles. The zero-order valence-corrected chi connectivity index (χ0v) is 11.3. The van der Waals surface area contributed by atoms with E-state index in [1.807, 2.05) is 0 Å². The second kappa shape index (κ2) is 6.17. The van der Waals surface area contributed by atoms with Crippen LogP contribution < -0.4 is 0 Å². The minimum absolute atomic E-state index is 0.190. The Hall–Kier alpha value is -0.120. The maximum atomic E-state index is 10.2. The van der Waals surface area contributed by atoms with E-state index in [0.717, 1.165) is 44.7 Å². The van der Waals surface area contributed by atoms with E-state index in [2.05, 4.69) is 18.7 Å². The van der Waals surface area contributed by atoms with Gasteiger partial charge in [0.05, 0.1) is 12.7 Å². The lowest BCUT2D eigenvalue weighted by molar-refractivity contribution is 0.0517. The second-order valence-corrected chi connectivity index (χ2v) is 6.10. The van der Waals surface area contributed by atoms with E-state index in [1.54, 1.807) is 0 Å². The third kappa shape index (κ3) is 4.23. The van der Waals surface area contributed by atoms with Gasteiger partial charge in [0, 0.05) is 25.1 Å². The largest absolute Gasteiger partial charge is 0.391 e. The highest BCUT2D eigenvalue weighted by Gasteiger charge is 2.32. The van der Waals surface area contributed by atoms with Gasteiger partial charge in [-0.1, -0.05) is 13.8 Å². The van der Waals surface area contributed by atoms with Gasteiger partial charge in [-0.25, -0.2) is 0 Å². The van der Waals surface area contributed by atoms with Gasteiger partial charge >= 0.3 is 0 Å². The summed E-state index contributed by atoms with van der Waals surface area (Å²) < 4.78 is 5.36. The van der Waals surface area contributed by atoms with Crippen molar-refractivity contribution >= 4 is 0 Å². The summed E-state index contributed by atoms with van der Waals surface area (Å²) in [5.41, 5.74) is 0. The molecule has 0 spiro atoms. The summed E-state index contributed by atoms with van der Waals surface area (Å²) >= 11 is 0. The molecule has 3 heteroatoms. The van der Waals surface area contributed by atoms with Gasteiger partial charge in [-0.05, 0) is 38.1 Å². The van der Waals surface area contributed by atoms with Crippen LogP contribution in [0.15, 0.2) is 0 Å². The summed E-state index contributed by atoms with van der Waals surface area (Å²) in [5.74, 6) is 1.12. The molecule has 2 unspecified atom stereocenters. The molecule has 0 amide bonds. The maximum absolute atomic E-state index is 10.2. The van der Waals surface area contributed by atoms with Crippen LogP contribution in [-0.2, 0) is 4.74 Å². The van der Waals surface area contributed by atoms with Crippen molar-refractivity contribution in [2.45, 2.75) is 51.7 Å². The number of aliphatic hydroxyl groups excluding tert-OH is 1. The minimum atomic E-state index is -0.190. The molecule has 2 aliphatic rings. The van der Waals surface area contributed by atoms with Gasteiger partial charge in [0.25, 0.3) is 0 Å². The molecule has 17 heavy (non-hydrogen) atoms. The summed E-state index contributed by atoms with van der Waals surface area (Å²) in [4.78, 5) is 2.50. The zero-order valence-electron chi connectivity index (χ0n) is 11.3. The molecule has 0 radical (unpaired) electrons. The number of hydrogen-bond acceptors (Lipinski definition) is 3. The molecule has 1 saturated heterocycles. The number of ether oxygens (including phenoxy) is 1. The minimum Gasteiger partial charge on any atom is -0.391 e. The van der Waals surface area contributed by atoms with Crippen LogP contribution in [0.1, 0.15) is 39.5 Å². The Morgan fingerprint density at radius 2 is 2.06 bits per heavy atom. The van der Waals surface area contributed by atoms with Gasteiger partial charge in [-0.15, -0.1) is 0 Å². The lowest BCUT2D eigenvalue weighted by Gasteiger charge is -2.27. The Bertz CT molecular complexity index is 222. The second-order valence-electron chi connectivity index (χ2n) is 6.10. The lowest BCUT2D eigenvalue weighted by Crippen LogP contribution is -2.39. The van der Waals surface area contributed by atoms with Crippen molar-refractivity contribution in [2.75, 3.05) is 26.3 Å². The first-order chi connectivity index (χ1) is 8.16. The highest BCUT2D eigenvalue weighted by molar-refractivity contribution is 4.87. The monoisotopic (exact) mass is 241 g/mol. The van der Waals surface area contributed by atoms with Gasteiger partial charge in [0.2, 0.25) is 0 Å². The van der Waals surface area contributed by atoms with E-state index in [9.17, 15) is 5.11 Å². The van der Waals surface area contributed by atoms with E-state index in [1.165, 1.54) is 19.3 Å². The molecule has 100 valence electrons. The van der Waals surface area contributed by atoms with Gasteiger partial charge in [-0.2, -0.15) is 0 Å². The van der Waals surface area contributed by atoms with E-state index in [0.29, 0.717) is 5.92 Å². The van der Waals surface area contributed by atoms with Gasteiger partial charge in [0.1, 0.15) is 0 Å². The third-order valence-electron chi connectivity index (χ3n) is 3.99. The molecule has 1 aliphatic carbocycles. The van der Waals surface area contributed by atoms with Gasteiger partial charge in [0.15, 0.2) is 0 Å². The fourth-order valence-corrected chi connectivity index (χ4v) is 2.53. The van der Waals surface area contributed by atoms with Crippen LogP contribution in [0.3, 0.4) is 0 Å². The SMILES string of the molecule is CC(C)CCN(CC(O)C1CCOC1)C1CC1. The predicted octanol–water partition coefficient (Wildman–Crippen LogP) is 1.89. The highest BCUT2D eigenvalue weighted by Crippen LogP contribution is 2.29. The van der Waals surface area contributed by atoms with Crippen LogP contribution in [0.5, 0.6) is 0 Å². The van der Waals surface area contributed by atoms with Crippen LogP contribution in [0, 0.1) is 11.8 Å². The summed E-state index contributed by atoms with van der Waals surface area (Å²) in [7, 11) is 0. The Kier molecular flexibility index (Phi) is 4.83. The molecule has 0 aromatic heterocycles. The molecular formula is C14H27NO2. The number of hydrogen-bond donors (Lipinski definition) is 1. The molecule has 3 nitrogen and oxygen atoms in total. The molecule has 1 heterocycles. The first-order valence-electron chi connectivity index (χ1n) is 7.16. The topological polar surface area (TPSA) is 32.7 Å². The standard InChI is InChI=1S/C14H27NO2/c1-11(2)5-7-15(13-3-4-13)9-14(16)12-6-8-17-10-12/h11-14,16H,3-10H2,1-2H3. The van der Waals surface area contributed by atoms with Crippen molar-refractivity contribution in [1.29, 1.82) is 0 Å². The van der Waals surface area contributed by atoms with Gasteiger partial charge in [-0.3, -0.25) is 4.90 Å². The quantitative estimate of drug-likeness (QED) is 0.739. The number of nitrogens with zero attached hydrogens (tertiary/aromatic N) is 1. The lowest BCUT2D eigenvalue weighted by atomic mass is 10.0. The highest BCUT2D eigenvalue weighted by atomic mass is 16.5. The van der Waals surface area contributed by atoms with Crippen LogP contribution in [0.4, 0.5) is 0 Å². The first-order valence-corrected chi connectivity index (χ1v) is 7.16. The molecule has 0 aromatic carbocycles. The molecule has 2 fully saturated rings. The Morgan fingerprint density at radius 1 is 1.29 bits per heavy atom. The van der Waals surface area contributed by atoms with Crippen molar-refractivity contribution in [3.05, 3.63) is 0 Å². The van der Waals surface area contributed by atoms with E-state index >= 15 is 0 Å². The maximum Gasteiger partial charge on any atom is 0.0718 e. The molecule has 2 atom stereocenters. The van der Waals surface area contributed by atoms with Crippen molar-refractivity contribution < 1.29 is 9.84 Å². The fourth-order valence-electron chi connectivity index (χ4n) is 2.53. The van der Waals surface area contributed by atoms with Crippen LogP contribution in [0.2, 0.25) is 0 Å². The summed E-state index contributed by atoms with van der Waals surface area (Å²) in [6, 6.07) is 0.755. The Labute approximate surface area is 105 Å². The Balaban J connectivity index is 1.75. The Morgan fingerprint density at radius 3 is 2.59 bits per heavy atom. The zero-order chi connectivity index (χ0) is 12.3. The molecule has 0 bridgehead atoms. The summed E-state index contributed by atoms with van der Waals surface area (Å²) in [6.07, 6.45) is 4.73. The van der Waals surface area contributed by atoms with Crippen molar-refractivity contribution in [2.24, 2.45) is 11.8 Å². The van der Waals surface area contributed by atoms with Crippen molar-refractivity contribution in [1.82, 2.24) is 4.90 Å².